The number of hydrogen-bond donors (Lipinski definition) is 3. The highest BCUT2D eigenvalue weighted by Crippen LogP contribution is 2.36. The van der Waals surface area contributed by atoms with Gasteiger partial charge in [0.05, 0.1) is 17.8 Å². The Morgan fingerprint density at radius 3 is 2.49 bits per heavy atom. The third kappa shape index (κ3) is 5.30. The van der Waals surface area contributed by atoms with Gasteiger partial charge in [-0.05, 0) is 42.7 Å². The topological polar surface area (TPSA) is 104 Å². The predicted octanol–water partition coefficient (Wildman–Crippen LogP) is 4.60. The Morgan fingerprint density at radius 1 is 1.08 bits per heavy atom. The molecule has 1 atom stereocenters. The molecule has 188 valence electrons. The van der Waals surface area contributed by atoms with E-state index in [0.29, 0.717) is 12.3 Å². The highest BCUT2D eigenvalue weighted by molar-refractivity contribution is 7.99. The number of nitrogens with one attached hydrogen (secondary N) is 2. The summed E-state index contributed by atoms with van der Waals surface area (Å²) in [7, 11) is 0. The summed E-state index contributed by atoms with van der Waals surface area (Å²) in [5.41, 5.74) is 9.89. The molecule has 2 amide bonds. The van der Waals surface area contributed by atoms with Gasteiger partial charge in [-0.2, -0.15) is 0 Å². The molecule has 0 aliphatic carbocycles. The van der Waals surface area contributed by atoms with Crippen LogP contribution in [0.5, 0.6) is 0 Å². The summed E-state index contributed by atoms with van der Waals surface area (Å²) in [6, 6.07) is 23.5. The van der Waals surface area contributed by atoms with Crippen LogP contribution in [0.1, 0.15) is 19.4 Å². The van der Waals surface area contributed by atoms with Gasteiger partial charge in [0.2, 0.25) is 5.91 Å². The van der Waals surface area contributed by atoms with Gasteiger partial charge in [-0.25, -0.2) is 4.98 Å². The molecule has 4 aromatic rings. The van der Waals surface area contributed by atoms with E-state index in [1.54, 1.807) is 36.7 Å². The minimum Gasteiger partial charge on any atom is -0.345 e. The number of amides is 2. The number of aromatic nitrogens is 2. The van der Waals surface area contributed by atoms with E-state index in [0.717, 1.165) is 38.7 Å². The second kappa shape index (κ2) is 10.2. The zero-order valence-corrected chi connectivity index (χ0v) is 21.6. The average molecular weight is 512 g/mol. The molecule has 0 unspecified atom stereocenters. The number of H-pyrrole nitrogens is 1. The molecule has 0 radical (unpaired) electrons. The van der Waals surface area contributed by atoms with Crippen LogP contribution in [0, 0.1) is 0 Å². The van der Waals surface area contributed by atoms with E-state index in [9.17, 15) is 9.59 Å². The summed E-state index contributed by atoms with van der Waals surface area (Å²) in [5.74, 6) is 0.758. The smallest absolute Gasteiger partial charge is 0.250 e. The lowest BCUT2D eigenvalue weighted by molar-refractivity contribution is -0.129. The first-order valence-electron chi connectivity index (χ1n) is 12.1. The van der Waals surface area contributed by atoms with Crippen molar-refractivity contribution < 1.29 is 9.59 Å². The lowest BCUT2D eigenvalue weighted by Gasteiger charge is -2.28. The number of anilines is 1. The average Bonchev–Trinajstić information content (AvgIpc) is 3.40. The lowest BCUT2D eigenvalue weighted by Crippen LogP contribution is -2.56. The molecule has 0 saturated carbocycles. The van der Waals surface area contributed by atoms with Gasteiger partial charge in [0, 0.05) is 28.6 Å². The SMILES string of the molecule is CC(C)(N)C(=O)N[C@@H]1CSc2ccccc2N(Cc2ccc(-c3ccccc3-c3ncc[nH]3)cc2)C1=O. The second-order valence-electron chi connectivity index (χ2n) is 9.63. The Morgan fingerprint density at radius 2 is 1.78 bits per heavy atom. The summed E-state index contributed by atoms with van der Waals surface area (Å²) in [5, 5.41) is 2.86. The number of aromatic amines is 1. The fourth-order valence-corrected chi connectivity index (χ4v) is 5.36. The molecule has 8 heteroatoms. The predicted molar refractivity (Wildman–Crippen MR) is 148 cm³/mol. The number of nitrogens with two attached hydrogens (primary N) is 1. The maximum Gasteiger partial charge on any atom is 0.250 e. The molecule has 5 rings (SSSR count). The summed E-state index contributed by atoms with van der Waals surface area (Å²) < 4.78 is 0. The lowest BCUT2D eigenvalue weighted by atomic mass is 9.98. The maximum atomic E-state index is 13.7. The summed E-state index contributed by atoms with van der Waals surface area (Å²) >= 11 is 1.56. The molecule has 4 N–H and O–H groups in total. The summed E-state index contributed by atoms with van der Waals surface area (Å²) in [6.07, 6.45) is 3.56. The zero-order valence-electron chi connectivity index (χ0n) is 20.8. The van der Waals surface area contributed by atoms with Crippen molar-refractivity contribution in [1.82, 2.24) is 15.3 Å². The number of benzene rings is 3. The van der Waals surface area contributed by atoms with E-state index in [2.05, 4.69) is 33.5 Å². The Kier molecular flexibility index (Phi) is 6.86. The number of imidazole rings is 1. The molecular formula is C29H29N5O2S. The van der Waals surface area contributed by atoms with Gasteiger partial charge < -0.3 is 20.9 Å². The van der Waals surface area contributed by atoms with Gasteiger partial charge in [0.1, 0.15) is 11.9 Å². The number of carbonyl (C=O) groups is 2. The van der Waals surface area contributed by atoms with Crippen molar-refractivity contribution in [3.63, 3.8) is 0 Å². The number of carbonyl (C=O) groups excluding carboxylic acids is 2. The molecule has 3 aromatic carbocycles. The Labute approximate surface area is 220 Å². The molecule has 1 aliphatic rings. The van der Waals surface area contributed by atoms with E-state index in [1.165, 1.54) is 0 Å². The molecular weight excluding hydrogens is 482 g/mol. The van der Waals surface area contributed by atoms with Gasteiger partial charge >= 0.3 is 0 Å². The Bertz CT molecular complexity index is 1410. The van der Waals surface area contributed by atoms with Crippen molar-refractivity contribution in [2.45, 2.75) is 36.9 Å². The van der Waals surface area contributed by atoms with E-state index >= 15 is 0 Å². The molecule has 37 heavy (non-hydrogen) atoms. The van der Waals surface area contributed by atoms with Crippen LogP contribution in [-0.2, 0) is 16.1 Å². The van der Waals surface area contributed by atoms with Crippen molar-refractivity contribution in [1.29, 1.82) is 0 Å². The number of fused-ring (bicyclic) bond motifs is 1. The van der Waals surface area contributed by atoms with Crippen LogP contribution in [0.15, 0.2) is 90.1 Å². The molecule has 2 heterocycles. The van der Waals surface area contributed by atoms with Gasteiger partial charge in [0.25, 0.3) is 5.91 Å². The summed E-state index contributed by atoms with van der Waals surface area (Å²) in [6.45, 7) is 3.65. The molecule has 0 bridgehead atoms. The third-order valence-corrected chi connectivity index (χ3v) is 7.46. The van der Waals surface area contributed by atoms with Crippen molar-refractivity contribution in [3.05, 3.63) is 90.8 Å². The number of para-hydroxylation sites is 1. The molecule has 1 aliphatic heterocycles. The van der Waals surface area contributed by atoms with E-state index < -0.39 is 11.6 Å². The van der Waals surface area contributed by atoms with Crippen LogP contribution in [-0.4, -0.2) is 39.1 Å². The number of nitrogens with zero attached hydrogens (tertiary/aromatic N) is 2. The minimum absolute atomic E-state index is 0.151. The van der Waals surface area contributed by atoms with Crippen molar-refractivity contribution in [3.8, 4) is 22.5 Å². The van der Waals surface area contributed by atoms with Gasteiger partial charge in [-0.15, -0.1) is 11.8 Å². The maximum absolute atomic E-state index is 13.7. The van der Waals surface area contributed by atoms with Gasteiger partial charge in [0.15, 0.2) is 0 Å². The largest absolute Gasteiger partial charge is 0.345 e. The highest BCUT2D eigenvalue weighted by Gasteiger charge is 2.34. The number of thioether (sulfide) groups is 1. The Balaban J connectivity index is 1.43. The second-order valence-corrected chi connectivity index (χ2v) is 10.7. The highest BCUT2D eigenvalue weighted by atomic mass is 32.2. The van der Waals surface area contributed by atoms with Gasteiger partial charge in [-0.1, -0.05) is 60.7 Å². The fraction of sp³-hybridized carbons (Fsp3) is 0.207. The molecule has 0 spiro atoms. The number of hydrogen-bond acceptors (Lipinski definition) is 5. The van der Waals surface area contributed by atoms with Crippen LogP contribution < -0.4 is 16.0 Å². The van der Waals surface area contributed by atoms with Crippen LogP contribution in [0.25, 0.3) is 22.5 Å². The first-order chi connectivity index (χ1) is 17.8. The van der Waals surface area contributed by atoms with E-state index in [4.69, 9.17) is 5.73 Å². The van der Waals surface area contributed by atoms with Crippen LogP contribution >= 0.6 is 11.8 Å². The van der Waals surface area contributed by atoms with E-state index in [-0.39, 0.29) is 11.8 Å². The van der Waals surface area contributed by atoms with Gasteiger partial charge in [-0.3, -0.25) is 9.59 Å². The normalized spacial score (nSPS) is 15.7. The van der Waals surface area contributed by atoms with Crippen LogP contribution in [0.4, 0.5) is 5.69 Å². The fourth-order valence-electron chi connectivity index (χ4n) is 4.29. The molecule has 0 fully saturated rings. The minimum atomic E-state index is -1.07. The standard InChI is InChI=1S/C29H29N5O2S/c1-29(2,30)28(36)33-23-18-37-25-10-6-5-9-24(25)34(27(23)35)17-19-11-13-20(14-12-19)21-7-3-4-8-22(21)26-31-15-16-32-26/h3-16,23H,17-18,30H2,1-2H3,(H,31,32)(H,33,36)/t23-/m1/s1. The summed E-state index contributed by atoms with van der Waals surface area (Å²) in [4.78, 5) is 36.6. The third-order valence-electron chi connectivity index (χ3n) is 6.30. The van der Waals surface area contributed by atoms with Crippen molar-refractivity contribution in [2.75, 3.05) is 10.7 Å². The zero-order chi connectivity index (χ0) is 26.0. The molecule has 7 nitrogen and oxygen atoms in total. The van der Waals surface area contributed by atoms with Crippen LogP contribution in [0.3, 0.4) is 0 Å². The number of rotatable bonds is 6. The monoisotopic (exact) mass is 511 g/mol. The first kappa shape index (κ1) is 24.8. The first-order valence-corrected chi connectivity index (χ1v) is 13.1. The van der Waals surface area contributed by atoms with Crippen LogP contribution in [0.2, 0.25) is 0 Å². The molecule has 0 saturated heterocycles. The van der Waals surface area contributed by atoms with E-state index in [1.807, 2.05) is 60.8 Å². The molecule has 1 aromatic heterocycles. The van der Waals surface area contributed by atoms with Crippen molar-refractivity contribution in [2.24, 2.45) is 5.73 Å². The van der Waals surface area contributed by atoms with Crippen molar-refractivity contribution >= 4 is 29.3 Å². The Hall–Kier alpha value is -3.88. The quantitative estimate of drug-likeness (QED) is 0.351.